The van der Waals surface area contributed by atoms with Gasteiger partial charge in [-0.2, -0.15) is 0 Å². The van der Waals surface area contributed by atoms with E-state index in [9.17, 15) is 15.0 Å². The summed E-state index contributed by atoms with van der Waals surface area (Å²) in [6.07, 6.45) is 5.65. The molecular weight excluding hydrogens is 656 g/mol. The number of carbonyl (C=O) groups is 1. The highest BCUT2D eigenvalue weighted by atomic mass is 16.8. The van der Waals surface area contributed by atoms with Crippen molar-refractivity contribution < 1.29 is 52.9 Å². The lowest BCUT2D eigenvalue weighted by Gasteiger charge is -2.47. The minimum absolute atomic E-state index is 0.00894. The van der Waals surface area contributed by atoms with Crippen molar-refractivity contribution >= 4 is 5.78 Å². The van der Waals surface area contributed by atoms with Crippen LogP contribution in [0.3, 0.4) is 0 Å². The summed E-state index contributed by atoms with van der Waals surface area (Å²) in [6, 6.07) is 0. The lowest BCUT2D eigenvalue weighted by molar-refractivity contribution is -0.292. The number of aliphatic hydroxyl groups is 2. The number of ketones is 1. The second-order valence-corrected chi connectivity index (χ2v) is 17.5. The Morgan fingerprint density at radius 1 is 0.745 bits per heavy atom. The summed E-state index contributed by atoms with van der Waals surface area (Å²) in [6.45, 7) is 12.9. The maximum absolute atomic E-state index is 14.0. The maximum atomic E-state index is 14.0. The molecule has 0 amide bonds. The Morgan fingerprint density at radius 3 is 2.33 bits per heavy atom. The van der Waals surface area contributed by atoms with Crippen molar-refractivity contribution in [2.24, 2.45) is 17.8 Å². The van der Waals surface area contributed by atoms with Crippen LogP contribution in [-0.2, 0) is 42.7 Å². The highest BCUT2D eigenvalue weighted by molar-refractivity contribution is 5.79. The average Bonchev–Trinajstić information content (AvgIpc) is 3.77. The van der Waals surface area contributed by atoms with E-state index in [1.807, 2.05) is 0 Å². The first-order valence-corrected chi connectivity index (χ1v) is 20.0. The summed E-state index contributed by atoms with van der Waals surface area (Å²) >= 11 is 0. The molecule has 0 aromatic rings. The quantitative estimate of drug-likeness (QED) is 0.410. The number of fused-ring (bicyclic) bond motifs is 6. The van der Waals surface area contributed by atoms with E-state index < -0.39 is 11.9 Å². The highest BCUT2D eigenvalue weighted by Gasteiger charge is 2.68. The van der Waals surface area contributed by atoms with E-state index in [4.69, 9.17) is 37.9 Å². The van der Waals surface area contributed by atoms with Gasteiger partial charge in [0.25, 0.3) is 0 Å². The van der Waals surface area contributed by atoms with Gasteiger partial charge >= 0.3 is 0 Å². The standard InChI is InChI=1S/C40H58O11/c1-19-11-25-5-7-29-20(2)12-27(44-29)9-10-40-17-34-36(50-40)37-38(49-34)39(51-40)35-30(48-37)8-6-26(46-35)13-23(42)14-28-22(4)31(15-24(43)18-41)47-33(28)16-32(45-25)21(19)3/h19,22,24-39,41,43H,2-3,5-18H2,1,4H3/t19-,22-,24?,25+,26-,27+,28?,29?,30+,31-,32-,33?,34-,35+,36?,37+,38-,39+,40+/m1/s1. The fraction of sp³-hybridized carbons (Fsp3) is 0.875. The molecule has 0 saturated carbocycles. The van der Waals surface area contributed by atoms with Crippen LogP contribution >= 0.6 is 0 Å². The molecule has 10 aliphatic heterocycles. The number of aliphatic hydroxyl groups excluding tert-OH is 2. The number of hydrogen-bond donors (Lipinski definition) is 2. The highest BCUT2D eigenvalue weighted by Crippen LogP contribution is 2.54. The van der Waals surface area contributed by atoms with E-state index in [0.29, 0.717) is 44.4 Å². The monoisotopic (exact) mass is 714 g/mol. The van der Waals surface area contributed by atoms with E-state index in [0.717, 1.165) is 56.1 Å². The van der Waals surface area contributed by atoms with Crippen LogP contribution in [0.5, 0.6) is 0 Å². The van der Waals surface area contributed by atoms with E-state index in [1.165, 1.54) is 0 Å². The summed E-state index contributed by atoms with van der Waals surface area (Å²) in [5, 5.41) is 20.0. The van der Waals surface area contributed by atoms with Gasteiger partial charge in [-0.25, -0.2) is 0 Å². The number of Topliss-reactive ketones (excluding diaryl/α,β-unsaturated/α-hetero) is 1. The van der Waals surface area contributed by atoms with Crippen LogP contribution in [0.2, 0.25) is 0 Å². The van der Waals surface area contributed by atoms with Gasteiger partial charge in [0.2, 0.25) is 0 Å². The zero-order chi connectivity index (χ0) is 35.2. The van der Waals surface area contributed by atoms with E-state index >= 15 is 0 Å². The summed E-state index contributed by atoms with van der Waals surface area (Å²) in [5.74, 6) is -0.367. The van der Waals surface area contributed by atoms with E-state index in [2.05, 4.69) is 27.0 Å². The zero-order valence-electron chi connectivity index (χ0n) is 30.3. The molecule has 0 aromatic heterocycles. The summed E-state index contributed by atoms with van der Waals surface area (Å²) < 4.78 is 53.9. The molecule has 11 nitrogen and oxygen atoms in total. The van der Waals surface area contributed by atoms with Crippen molar-refractivity contribution in [2.45, 2.75) is 195 Å². The first-order valence-electron chi connectivity index (χ1n) is 20.0. The molecule has 51 heavy (non-hydrogen) atoms. The Hall–Kier alpha value is -1.25. The van der Waals surface area contributed by atoms with Gasteiger partial charge in [-0.15, -0.1) is 0 Å². The maximum Gasteiger partial charge on any atom is 0.172 e. The third kappa shape index (κ3) is 6.53. The molecule has 10 rings (SSSR count). The van der Waals surface area contributed by atoms with Crippen LogP contribution in [0.4, 0.5) is 0 Å². The minimum Gasteiger partial charge on any atom is -0.394 e. The SMILES string of the molecule is C=C1C[C@@H]2CC[C@@]34C[C@H]5O[C@H]6[C@@H](O3)[C@H]3O[C@H](CC[C@@H]3O[C@H]6C5O4)CC(=O)CC3C(C[C@H]4O[C@@H](CCC1O2)C[C@@H](C)C4=C)O[C@H](CC(O)CO)[C@@H]3C. The molecule has 11 heteroatoms. The molecule has 12 bridgehead atoms. The molecule has 0 radical (unpaired) electrons. The molecule has 5 unspecified atom stereocenters. The number of carbonyl (C=O) groups excluding carboxylic acids is 1. The minimum atomic E-state index is -0.872. The van der Waals surface area contributed by atoms with Gasteiger partial charge in [-0.05, 0) is 73.8 Å². The van der Waals surface area contributed by atoms with E-state index in [1.54, 1.807) is 0 Å². The van der Waals surface area contributed by atoms with Crippen LogP contribution in [0.15, 0.2) is 24.3 Å². The molecular formula is C40H58O11. The summed E-state index contributed by atoms with van der Waals surface area (Å²) in [7, 11) is 0. The number of hydrogen-bond acceptors (Lipinski definition) is 11. The Morgan fingerprint density at radius 2 is 1.49 bits per heavy atom. The van der Waals surface area contributed by atoms with Crippen LogP contribution in [0, 0.1) is 17.8 Å². The first-order chi connectivity index (χ1) is 24.6. The third-order valence-electron chi connectivity index (χ3n) is 14.1. The van der Waals surface area contributed by atoms with Crippen molar-refractivity contribution in [1.82, 2.24) is 0 Å². The van der Waals surface area contributed by atoms with Crippen LogP contribution in [-0.4, -0.2) is 120 Å². The van der Waals surface area contributed by atoms with Crippen molar-refractivity contribution in [1.29, 1.82) is 0 Å². The van der Waals surface area contributed by atoms with Gasteiger partial charge < -0.3 is 48.1 Å². The van der Waals surface area contributed by atoms with Crippen molar-refractivity contribution in [2.75, 3.05) is 6.61 Å². The average molecular weight is 715 g/mol. The Bertz CT molecular complexity index is 1360. The molecule has 10 aliphatic rings. The second kappa shape index (κ2) is 13.8. The fourth-order valence-electron chi connectivity index (χ4n) is 11.3. The molecule has 0 aliphatic carbocycles. The Kier molecular flexibility index (Phi) is 9.59. The second-order valence-electron chi connectivity index (χ2n) is 17.5. The summed E-state index contributed by atoms with van der Waals surface area (Å²) in [4.78, 5) is 14.0. The van der Waals surface area contributed by atoms with Crippen LogP contribution in [0.1, 0.15) is 97.3 Å². The van der Waals surface area contributed by atoms with Crippen molar-refractivity contribution in [3.8, 4) is 0 Å². The Balaban J connectivity index is 0.986. The van der Waals surface area contributed by atoms with Gasteiger partial charge in [-0.1, -0.05) is 27.0 Å². The molecule has 10 heterocycles. The molecule has 1 spiro atoms. The lowest BCUT2D eigenvalue weighted by Crippen LogP contribution is -2.61. The van der Waals surface area contributed by atoms with Crippen molar-refractivity contribution in [3.63, 3.8) is 0 Å². The molecule has 284 valence electrons. The predicted octanol–water partition coefficient (Wildman–Crippen LogP) is 4.09. The van der Waals surface area contributed by atoms with Gasteiger partial charge in [0.05, 0.1) is 67.6 Å². The zero-order valence-corrected chi connectivity index (χ0v) is 30.3. The largest absolute Gasteiger partial charge is 0.394 e. The Labute approximate surface area is 301 Å². The molecule has 10 saturated heterocycles. The lowest BCUT2D eigenvalue weighted by atomic mass is 9.79. The normalized spacial score (nSPS) is 53.2. The number of rotatable bonds is 3. The van der Waals surface area contributed by atoms with Crippen LogP contribution < -0.4 is 0 Å². The van der Waals surface area contributed by atoms with Gasteiger partial charge in [0.15, 0.2) is 5.79 Å². The third-order valence-corrected chi connectivity index (χ3v) is 14.1. The fourth-order valence-corrected chi connectivity index (χ4v) is 11.3. The van der Waals surface area contributed by atoms with Gasteiger partial charge in [0.1, 0.15) is 36.3 Å². The van der Waals surface area contributed by atoms with Gasteiger partial charge in [0, 0.05) is 38.5 Å². The molecule has 19 atom stereocenters. The first kappa shape index (κ1) is 35.5. The predicted molar refractivity (Wildman–Crippen MR) is 183 cm³/mol. The molecule has 2 N–H and O–H groups in total. The van der Waals surface area contributed by atoms with Crippen molar-refractivity contribution in [3.05, 3.63) is 24.3 Å². The van der Waals surface area contributed by atoms with Crippen LogP contribution in [0.25, 0.3) is 0 Å². The topological polar surface area (TPSA) is 131 Å². The smallest absolute Gasteiger partial charge is 0.172 e. The summed E-state index contributed by atoms with van der Waals surface area (Å²) in [5.41, 5.74) is 2.22. The molecule has 10 fully saturated rings. The van der Waals surface area contributed by atoms with E-state index in [-0.39, 0.29) is 110 Å². The molecule has 0 aromatic carbocycles. The van der Waals surface area contributed by atoms with Gasteiger partial charge in [-0.3, -0.25) is 4.79 Å². The number of ether oxygens (including phenoxy) is 8.